The van der Waals surface area contributed by atoms with Crippen LogP contribution in [0.15, 0.2) is 0 Å². The van der Waals surface area contributed by atoms with Crippen molar-refractivity contribution in [3.63, 3.8) is 0 Å². The van der Waals surface area contributed by atoms with Crippen LogP contribution in [0.5, 0.6) is 0 Å². The van der Waals surface area contributed by atoms with E-state index in [1.807, 2.05) is 0 Å². The minimum Gasteiger partial charge on any atom is -0.402 e. The maximum Gasteiger partial charge on any atom is 0.341 e. The van der Waals surface area contributed by atoms with Crippen molar-refractivity contribution in [2.24, 2.45) is 0 Å². The average Bonchev–Trinajstić information content (AvgIpc) is 1.41. The van der Waals surface area contributed by atoms with E-state index in [1.165, 1.54) is 0 Å². The third kappa shape index (κ3) is 4.49. The molecule has 0 heterocycles. The summed E-state index contributed by atoms with van der Waals surface area (Å²) in [6, 6.07) is 0. The smallest absolute Gasteiger partial charge is 0.341 e. The summed E-state index contributed by atoms with van der Waals surface area (Å²) in [6.45, 7) is 3.29. The van der Waals surface area contributed by atoms with Gasteiger partial charge in [-0.1, -0.05) is 12.7 Å². The van der Waals surface area contributed by atoms with E-state index in [0.29, 0.717) is 0 Å². The topological polar surface area (TPSA) is 12.0 Å². The molecule has 0 aromatic heterocycles. The van der Waals surface area contributed by atoms with Crippen LogP contribution in [0.3, 0.4) is 0 Å². The minimum atomic E-state index is 0.164. The molecular formula is C3H10AlN. The Bertz CT molecular complexity index is 14.4. The molecule has 0 atom stereocenters. The molecule has 0 spiro atoms. The zero-order chi connectivity index (χ0) is 4.12. The number of hydrogen-bond acceptors (Lipinski definition) is 1. The number of hydrogen-bond donors (Lipinski definition) is 1. The van der Waals surface area contributed by atoms with Gasteiger partial charge in [-0.25, -0.2) is 0 Å². The van der Waals surface area contributed by atoms with Crippen LogP contribution in [0.25, 0.3) is 0 Å². The van der Waals surface area contributed by atoms with Crippen LogP contribution in [-0.2, 0) is 0 Å². The summed E-state index contributed by atoms with van der Waals surface area (Å²) in [6.07, 6.45) is 0. The second-order valence-corrected chi connectivity index (χ2v) is 2.16. The van der Waals surface area contributed by atoms with Crippen LogP contribution < -0.4 is 4.30 Å². The molecule has 0 aliphatic carbocycles. The highest BCUT2D eigenvalue weighted by Crippen LogP contribution is 1.44. The third-order valence-corrected chi connectivity index (χ3v) is 1.50. The van der Waals surface area contributed by atoms with Crippen LogP contribution in [0.2, 0.25) is 5.79 Å². The molecule has 0 unspecified atom stereocenters. The molecule has 1 N–H and O–H groups in total. The quantitative estimate of drug-likeness (QED) is 0.467. The fourth-order valence-corrected chi connectivity index (χ4v) is 0.750. The van der Waals surface area contributed by atoms with Crippen molar-refractivity contribution in [3.8, 4) is 0 Å². The first-order valence-electron chi connectivity index (χ1n) is 2.12. The summed E-state index contributed by atoms with van der Waals surface area (Å²) in [4.78, 5) is 0. The van der Waals surface area contributed by atoms with Gasteiger partial charge < -0.3 is 4.30 Å². The predicted molar refractivity (Wildman–Crippen MR) is 26.7 cm³/mol. The molecule has 0 rings (SSSR count). The molecule has 0 fully saturated rings. The minimum absolute atomic E-state index is 0.164. The van der Waals surface area contributed by atoms with Gasteiger partial charge in [-0.15, -0.1) is 0 Å². The lowest BCUT2D eigenvalue weighted by Crippen LogP contribution is -2.13. The largest absolute Gasteiger partial charge is 0.402 e. The van der Waals surface area contributed by atoms with Crippen molar-refractivity contribution in [2.45, 2.75) is 12.7 Å². The Kier molecular flexibility index (Phi) is 4.93. The van der Waals surface area contributed by atoms with E-state index in [2.05, 4.69) is 17.0 Å². The van der Waals surface area contributed by atoms with E-state index < -0.39 is 0 Å². The Labute approximate surface area is 39.7 Å². The first-order chi connectivity index (χ1) is 2.41. The zero-order valence-electron chi connectivity index (χ0n) is 3.91. The van der Waals surface area contributed by atoms with Crippen molar-refractivity contribution in [1.29, 1.82) is 0 Å². The molecular weight excluding hydrogens is 77.0 g/mol. The molecule has 30 valence electrons. The molecule has 0 saturated heterocycles. The number of rotatable bonds is 2. The van der Waals surface area contributed by atoms with Crippen molar-refractivity contribution >= 4 is 15.4 Å². The predicted octanol–water partition coefficient (Wildman–Crippen LogP) is -0.00450. The molecule has 1 nitrogen and oxygen atoms in total. The van der Waals surface area contributed by atoms with E-state index >= 15 is 0 Å². The molecule has 0 aliphatic heterocycles. The Balaban J connectivity index is 2.19. The van der Waals surface area contributed by atoms with Gasteiger partial charge in [0.15, 0.2) is 0 Å². The van der Waals surface area contributed by atoms with E-state index in [4.69, 9.17) is 0 Å². The highest BCUT2D eigenvalue weighted by atomic mass is 27.1. The van der Waals surface area contributed by atoms with Crippen molar-refractivity contribution < 1.29 is 0 Å². The molecule has 0 radical (unpaired) electrons. The fraction of sp³-hybridized carbons (Fsp3) is 1.00. The van der Waals surface area contributed by atoms with Crippen LogP contribution in [0.1, 0.15) is 6.92 Å². The van der Waals surface area contributed by atoms with E-state index in [1.54, 1.807) is 0 Å². The zero-order valence-corrected chi connectivity index (χ0v) is 5.33. The van der Waals surface area contributed by atoms with Crippen LogP contribution >= 0.6 is 0 Å². The highest BCUT2D eigenvalue weighted by Gasteiger charge is 1.70. The van der Waals surface area contributed by atoms with E-state index in [9.17, 15) is 0 Å². The lowest BCUT2D eigenvalue weighted by atomic mass is 10.8. The van der Waals surface area contributed by atoms with Crippen LogP contribution in [-0.4, -0.2) is 22.0 Å². The second-order valence-electron chi connectivity index (χ2n) is 0.957. The SMILES string of the molecule is CC[NH][AlH][CH3]. The van der Waals surface area contributed by atoms with Gasteiger partial charge >= 0.3 is 15.4 Å². The summed E-state index contributed by atoms with van der Waals surface area (Å²) in [7, 11) is 0. The number of nitrogens with one attached hydrogen (secondary N) is 1. The van der Waals surface area contributed by atoms with Gasteiger partial charge in [-0.3, -0.25) is 0 Å². The molecule has 0 aromatic rings. The van der Waals surface area contributed by atoms with Gasteiger partial charge in [0.2, 0.25) is 0 Å². The van der Waals surface area contributed by atoms with Crippen LogP contribution in [0, 0.1) is 0 Å². The summed E-state index contributed by atoms with van der Waals surface area (Å²) >= 11 is 0.164. The lowest BCUT2D eigenvalue weighted by molar-refractivity contribution is 1.01. The maximum absolute atomic E-state index is 3.25. The summed E-state index contributed by atoms with van der Waals surface area (Å²) in [5.74, 6) is 2.24. The van der Waals surface area contributed by atoms with Crippen molar-refractivity contribution in [3.05, 3.63) is 0 Å². The average molecular weight is 87.1 g/mol. The van der Waals surface area contributed by atoms with Gasteiger partial charge in [0, 0.05) is 0 Å². The Morgan fingerprint density at radius 1 is 1.80 bits per heavy atom. The first kappa shape index (κ1) is 5.49. The fourth-order valence-electron chi connectivity index (χ4n) is 0.250. The molecule has 5 heavy (non-hydrogen) atoms. The van der Waals surface area contributed by atoms with E-state index in [-0.39, 0.29) is 15.4 Å². The van der Waals surface area contributed by atoms with Gasteiger partial charge in [0.05, 0.1) is 0 Å². The second kappa shape index (κ2) is 4.49. The summed E-state index contributed by atoms with van der Waals surface area (Å²) < 4.78 is 3.25. The molecule has 0 aliphatic rings. The Morgan fingerprint density at radius 3 is 2.40 bits per heavy atom. The third-order valence-electron chi connectivity index (χ3n) is 0.500. The summed E-state index contributed by atoms with van der Waals surface area (Å²) in [5.41, 5.74) is 0. The van der Waals surface area contributed by atoms with Crippen molar-refractivity contribution in [1.82, 2.24) is 4.30 Å². The Hall–Kier alpha value is 0.492. The van der Waals surface area contributed by atoms with Gasteiger partial charge in [0.1, 0.15) is 0 Å². The molecule has 0 aromatic carbocycles. The standard InChI is InChI=1S/C2H6N.CH3.Al.H/c1-2-3;;;/h3H,2H2,1H3;1H3;;/q-1;;+1;. The monoisotopic (exact) mass is 87.1 g/mol. The van der Waals surface area contributed by atoms with E-state index in [0.717, 1.165) is 6.54 Å². The van der Waals surface area contributed by atoms with Crippen LogP contribution in [0.4, 0.5) is 0 Å². The maximum atomic E-state index is 3.25. The first-order valence-corrected chi connectivity index (χ1v) is 4.24. The molecule has 2 heteroatoms. The lowest BCUT2D eigenvalue weighted by Gasteiger charge is -1.83. The van der Waals surface area contributed by atoms with Crippen molar-refractivity contribution in [2.75, 3.05) is 6.54 Å². The molecule has 0 bridgehead atoms. The molecule has 0 amide bonds. The normalized spacial score (nSPS) is 7.60. The van der Waals surface area contributed by atoms with Gasteiger partial charge in [-0.05, 0) is 6.54 Å². The molecule has 0 saturated carbocycles. The van der Waals surface area contributed by atoms with Gasteiger partial charge in [0.25, 0.3) is 0 Å². The highest BCUT2D eigenvalue weighted by molar-refractivity contribution is 6.29. The van der Waals surface area contributed by atoms with Gasteiger partial charge in [-0.2, -0.15) is 0 Å². The Morgan fingerprint density at radius 2 is 2.40 bits per heavy atom. The summed E-state index contributed by atoms with van der Waals surface area (Å²) in [5, 5.41) is 0.